The lowest BCUT2D eigenvalue weighted by molar-refractivity contribution is -0.126. The number of aromatic nitrogens is 2. The van der Waals surface area contributed by atoms with Crippen LogP contribution in [0.15, 0.2) is 42.5 Å². The maximum absolute atomic E-state index is 14.2. The molecule has 218 valence electrons. The van der Waals surface area contributed by atoms with Crippen LogP contribution in [0, 0.1) is 11.3 Å². The maximum Gasteiger partial charge on any atom is 0.387 e. The molecule has 1 aromatic heterocycles. The van der Waals surface area contributed by atoms with Gasteiger partial charge in [0.05, 0.1) is 35.4 Å². The average molecular weight is 597 g/mol. The fraction of sp³-hybridized carbons (Fsp3) is 0.345. The molecular weight excluding hydrogens is 570 g/mol. The zero-order valence-electron chi connectivity index (χ0n) is 23.0. The number of ether oxygens (including phenoxy) is 1. The van der Waals surface area contributed by atoms with E-state index < -0.39 is 24.6 Å². The van der Waals surface area contributed by atoms with Crippen LogP contribution < -0.4 is 10.1 Å². The minimum absolute atomic E-state index is 0.0256. The van der Waals surface area contributed by atoms with Crippen molar-refractivity contribution in [3.05, 3.63) is 81.1 Å². The molecule has 2 aliphatic rings. The normalized spacial score (nSPS) is 18.7. The summed E-state index contributed by atoms with van der Waals surface area (Å²) < 4.78 is 31.2. The SMILES string of the molecule is CNC(=O)[C@@H]1Cn2nc3c(c2C(=O)N1[C@H](C)c1ccc(OC(F)F)cc1)CN(C(=O)c1ccc(Cl)c(C#N)c1)[C@H](C)C3. The second-order valence-electron chi connectivity index (χ2n) is 10.2. The number of carbonyl (C=O) groups is 3. The Morgan fingerprint density at radius 2 is 1.93 bits per heavy atom. The predicted octanol–water partition coefficient (Wildman–Crippen LogP) is 3.93. The van der Waals surface area contributed by atoms with E-state index in [2.05, 4.69) is 15.2 Å². The molecular formula is C29H27ClF2N6O4. The van der Waals surface area contributed by atoms with Crippen LogP contribution in [0.4, 0.5) is 8.78 Å². The van der Waals surface area contributed by atoms with Crippen LogP contribution in [-0.2, 0) is 24.3 Å². The molecule has 3 atom stereocenters. The average Bonchev–Trinajstić information content (AvgIpc) is 3.33. The van der Waals surface area contributed by atoms with E-state index >= 15 is 0 Å². The van der Waals surface area contributed by atoms with Crippen LogP contribution in [0.25, 0.3) is 0 Å². The third kappa shape index (κ3) is 5.16. The highest BCUT2D eigenvalue weighted by atomic mass is 35.5. The quantitative estimate of drug-likeness (QED) is 0.460. The number of rotatable bonds is 6. The molecule has 0 saturated heterocycles. The first-order valence-electron chi connectivity index (χ1n) is 13.2. The van der Waals surface area contributed by atoms with E-state index in [1.807, 2.05) is 13.0 Å². The van der Waals surface area contributed by atoms with Crippen molar-refractivity contribution in [1.82, 2.24) is 24.9 Å². The van der Waals surface area contributed by atoms with Crippen molar-refractivity contribution >= 4 is 29.3 Å². The molecule has 3 amide bonds. The zero-order valence-corrected chi connectivity index (χ0v) is 23.7. The van der Waals surface area contributed by atoms with Gasteiger partial charge in [-0.2, -0.15) is 19.1 Å². The van der Waals surface area contributed by atoms with E-state index in [1.165, 1.54) is 40.9 Å². The summed E-state index contributed by atoms with van der Waals surface area (Å²) in [4.78, 5) is 43.8. The van der Waals surface area contributed by atoms with Crippen molar-refractivity contribution in [3.8, 4) is 11.8 Å². The number of benzene rings is 2. The summed E-state index contributed by atoms with van der Waals surface area (Å²) in [5.41, 5.74) is 2.64. The number of nitrogens with one attached hydrogen (secondary N) is 1. The molecule has 3 heterocycles. The van der Waals surface area contributed by atoms with Crippen molar-refractivity contribution < 1.29 is 27.9 Å². The van der Waals surface area contributed by atoms with Crippen LogP contribution in [0.3, 0.4) is 0 Å². The highest BCUT2D eigenvalue weighted by Gasteiger charge is 2.44. The molecule has 10 nitrogen and oxygen atoms in total. The molecule has 13 heteroatoms. The number of alkyl halides is 2. The molecule has 0 saturated carbocycles. The second-order valence-corrected chi connectivity index (χ2v) is 10.6. The number of halogens is 3. The number of fused-ring (bicyclic) bond motifs is 3. The van der Waals surface area contributed by atoms with E-state index in [0.717, 1.165) is 0 Å². The van der Waals surface area contributed by atoms with Crippen molar-refractivity contribution in [1.29, 1.82) is 5.26 Å². The standard InChI is InChI=1S/C29H27ClF2N6O4/c1-15-10-23-21(13-36(15)27(40)18-6-9-22(30)19(11-18)12-33)25-28(41)38(24(26(39)34-3)14-37(25)35-23)16(2)17-4-7-20(8-5-17)42-29(31)32/h4-9,11,15-16,24,29H,10,13-14H2,1-3H3,(H,34,39)/t15-,16-,24+/m1/s1. The highest BCUT2D eigenvalue weighted by Crippen LogP contribution is 2.35. The zero-order chi connectivity index (χ0) is 30.3. The van der Waals surface area contributed by atoms with E-state index in [4.69, 9.17) is 11.6 Å². The topological polar surface area (TPSA) is 121 Å². The summed E-state index contributed by atoms with van der Waals surface area (Å²) in [6, 6.07) is 10.6. The summed E-state index contributed by atoms with van der Waals surface area (Å²) in [7, 11) is 1.48. The summed E-state index contributed by atoms with van der Waals surface area (Å²) in [6.45, 7) is 0.859. The Kier molecular flexibility index (Phi) is 7.88. The van der Waals surface area contributed by atoms with Crippen molar-refractivity contribution in [2.24, 2.45) is 0 Å². The second kappa shape index (κ2) is 11.4. The molecule has 1 N–H and O–H groups in total. The molecule has 0 fully saturated rings. The molecule has 5 rings (SSSR count). The number of nitrogens with zero attached hydrogens (tertiary/aromatic N) is 5. The van der Waals surface area contributed by atoms with Gasteiger partial charge >= 0.3 is 6.61 Å². The smallest absolute Gasteiger partial charge is 0.387 e. The number of hydrogen-bond acceptors (Lipinski definition) is 6. The Hall–Kier alpha value is -4.50. The fourth-order valence-electron chi connectivity index (χ4n) is 5.57. The molecule has 3 aromatic rings. The minimum Gasteiger partial charge on any atom is -0.435 e. The van der Waals surface area contributed by atoms with Crippen molar-refractivity contribution in [2.45, 2.75) is 58.1 Å². The van der Waals surface area contributed by atoms with Gasteiger partial charge < -0.3 is 19.9 Å². The van der Waals surface area contributed by atoms with Crippen molar-refractivity contribution in [2.75, 3.05) is 7.05 Å². The molecule has 0 bridgehead atoms. The van der Waals surface area contributed by atoms with Gasteiger partial charge in [-0.1, -0.05) is 23.7 Å². The maximum atomic E-state index is 14.2. The molecule has 0 spiro atoms. The Balaban J connectivity index is 1.49. The van der Waals surface area contributed by atoms with Gasteiger partial charge in [-0.25, -0.2) is 0 Å². The van der Waals surface area contributed by atoms with Crippen LogP contribution in [0.1, 0.15) is 63.1 Å². The first kappa shape index (κ1) is 29.0. The fourth-order valence-corrected chi connectivity index (χ4v) is 5.73. The highest BCUT2D eigenvalue weighted by molar-refractivity contribution is 6.31. The Morgan fingerprint density at radius 3 is 2.57 bits per heavy atom. The van der Waals surface area contributed by atoms with E-state index in [-0.39, 0.29) is 53.0 Å². The van der Waals surface area contributed by atoms with Gasteiger partial charge in [-0.05, 0) is 49.7 Å². The number of hydrogen-bond donors (Lipinski definition) is 1. The summed E-state index contributed by atoms with van der Waals surface area (Å²) >= 11 is 6.05. The summed E-state index contributed by atoms with van der Waals surface area (Å²) in [5, 5.41) is 16.9. The molecule has 2 aliphatic heterocycles. The molecule has 42 heavy (non-hydrogen) atoms. The van der Waals surface area contributed by atoms with E-state index in [1.54, 1.807) is 30.0 Å². The Bertz CT molecular complexity index is 1600. The van der Waals surface area contributed by atoms with E-state index in [0.29, 0.717) is 28.8 Å². The lowest BCUT2D eigenvalue weighted by Gasteiger charge is -2.39. The van der Waals surface area contributed by atoms with Crippen molar-refractivity contribution in [3.63, 3.8) is 0 Å². The van der Waals surface area contributed by atoms with Crippen LogP contribution in [0.2, 0.25) is 5.02 Å². The molecule has 0 radical (unpaired) electrons. The lowest BCUT2D eigenvalue weighted by atomic mass is 9.95. The largest absolute Gasteiger partial charge is 0.435 e. The van der Waals surface area contributed by atoms with Crippen LogP contribution in [0.5, 0.6) is 5.75 Å². The third-order valence-electron chi connectivity index (χ3n) is 7.75. The molecule has 0 aliphatic carbocycles. The number of amides is 3. The number of carbonyl (C=O) groups excluding carboxylic acids is 3. The minimum atomic E-state index is -2.97. The van der Waals surface area contributed by atoms with Crippen LogP contribution >= 0.6 is 11.6 Å². The number of nitriles is 1. The molecule has 0 unspecified atom stereocenters. The molecule has 2 aromatic carbocycles. The van der Waals surface area contributed by atoms with Gasteiger partial charge in [0, 0.05) is 30.6 Å². The Labute approximate surface area is 245 Å². The lowest BCUT2D eigenvalue weighted by Crippen LogP contribution is -2.55. The van der Waals surface area contributed by atoms with Gasteiger partial charge in [0.25, 0.3) is 11.8 Å². The van der Waals surface area contributed by atoms with Gasteiger partial charge in [-0.3, -0.25) is 19.1 Å². The van der Waals surface area contributed by atoms with Gasteiger partial charge in [0.15, 0.2) is 0 Å². The van der Waals surface area contributed by atoms with Crippen LogP contribution in [-0.4, -0.2) is 63.0 Å². The summed E-state index contributed by atoms with van der Waals surface area (Å²) in [5.74, 6) is -1.16. The first-order valence-corrected chi connectivity index (χ1v) is 13.6. The first-order chi connectivity index (χ1) is 20.0. The van der Waals surface area contributed by atoms with Gasteiger partial charge in [0.1, 0.15) is 23.6 Å². The predicted molar refractivity (Wildman–Crippen MR) is 147 cm³/mol. The van der Waals surface area contributed by atoms with Gasteiger partial charge in [-0.15, -0.1) is 0 Å². The Morgan fingerprint density at radius 1 is 1.21 bits per heavy atom. The third-order valence-corrected chi connectivity index (χ3v) is 8.08. The number of likely N-dealkylation sites (N-methyl/N-ethyl adjacent to an activating group) is 1. The van der Waals surface area contributed by atoms with E-state index in [9.17, 15) is 28.4 Å². The summed E-state index contributed by atoms with van der Waals surface area (Å²) in [6.07, 6.45) is 0.388. The van der Waals surface area contributed by atoms with Gasteiger partial charge in [0.2, 0.25) is 5.91 Å². The monoisotopic (exact) mass is 596 g/mol.